The van der Waals surface area contributed by atoms with Crippen LogP contribution in [0.5, 0.6) is 0 Å². The van der Waals surface area contributed by atoms with Crippen molar-refractivity contribution in [1.82, 2.24) is 15.0 Å². The van der Waals surface area contributed by atoms with Gasteiger partial charge in [0, 0.05) is 99.9 Å². The number of benzene rings is 10. The average Bonchev–Trinajstić information content (AvgIpc) is 1.23. The van der Waals surface area contributed by atoms with Crippen LogP contribution in [0.3, 0.4) is 0 Å². The summed E-state index contributed by atoms with van der Waals surface area (Å²) in [6.45, 7) is -9.57. The molecule has 0 radical (unpaired) electrons. The maximum atomic E-state index is 15.1. The first-order valence-electron chi connectivity index (χ1n) is 29.6. The number of hydrogen-bond acceptors (Lipinski definition) is 6. The molecule has 0 aliphatic rings. The number of carbonyl (C=O) groups is 3. The van der Waals surface area contributed by atoms with Crippen LogP contribution in [0.1, 0.15) is 43.4 Å². The van der Waals surface area contributed by atoms with E-state index in [1.807, 2.05) is 146 Å². The zero-order chi connectivity index (χ0) is 60.5. The van der Waals surface area contributed by atoms with Gasteiger partial charge >= 0.3 is 0 Å². The SMILES string of the molecule is [2H]C([2H])([2H])N(C(=O)c1cc(C(=O)N(c2ccc(-c3ccc4c(ccc5ccccc54)n3)cc2)C([2H])([2H])[2H])cc(C(=O)N(c2ccc(-c3ccc4c(ccc5ccccc54)n3)cc2)C([2H])([2H])[2H])c1)c1ccc(-c2ccc3c(ccc4ccccc43)n2)cc1. The summed E-state index contributed by atoms with van der Waals surface area (Å²) in [5.41, 5.74) is 3.81. The first kappa shape index (κ1) is 38.2. The van der Waals surface area contributed by atoms with Gasteiger partial charge in [0.25, 0.3) is 17.7 Å². The fraction of sp³-hybridized carbons (Fsp3) is 0.0435. The number of aromatic nitrogens is 3. The molecule has 0 saturated heterocycles. The Morgan fingerprint density at radius 1 is 0.308 bits per heavy atom. The number of hydrogen-bond donors (Lipinski definition) is 0. The van der Waals surface area contributed by atoms with Crippen molar-refractivity contribution in [3.8, 4) is 33.8 Å². The molecule has 10 aromatic carbocycles. The highest BCUT2D eigenvalue weighted by atomic mass is 16.2. The van der Waals surface area contributed by atoms with E-state index >= 15 is 14.4 Å². The van der Waals surface area contributed by atoms with Gasteiger partial charge in [-0.3, -0.25) is 14.4 Å². The lowest BCUT2D eigenvalue weighted by atomic mass is 10.0. The van der Waals surface area contributed by atoms with Crippen molar-refractivity contribution < 1.29 is 26.7 Å². The van der Waals surface area contributed by atoms with E-state index in [0.717, 1.165) is 83.2 Å². The predicted octanol–water partition coefficient (Wildman–Crippen LogP) is 15.6. The number of pyridine rings is 3. The molecule has 13 rings (SSSR count). The quantitative estimate of drug-likeness (QED) is 0.134. The molecule has 0 saturated carbocycles. The van der Waals surface area contributed by atoms with Crippen LogP contribution in [0.2, 0.25) is 0 Å². The van der Waals surface area contributed by atoms with E-state index in [4.69, 9.17) is 27.3 Å². The Kier molecular flexibility index (Phi) is 9.50. The Bertz CT molecular complexity index is 4420. The zero-order valence-corrected chi connectivity index (χ0v) is 41.4. The molecule has 0 bridgehead atoms. The lowest BCUT2D eigenvalue weighted by Crippen LogP contribution is -2.31. The number of carbonyl (C=O) groups excluding carboxylic acids is 3. The fourth-order valence-corrected chi connectivity index (χ4v) is 10.2. The molecule has 9 heteroatoms. The third kappa shape index (κ3) is 8.59. The predicted molar refractivity (Wildman–Crippen MR) is 319 cm³/mol. The number of amides is 3. The summed E-state index contributed by atoms with van der Waals surface area (Å²) in [6, 6.07) is 68.2. The van der Waals surface area contributed by atoms with Gasteiger partial charge in [-0.25, -0.2) is 15.0 Å². The molecular formula is C69H48N6O3. The van der Waals surface area contributed by atoms with Gasteiger partial charge in [-0.15, -0.1) is 0 Å². The number of nitrogens with zero attached hydrogens (tertiary/aromatic N) is 6. The molecule has 3 amide bonds. The number of rotatable bonds is 9. The summed E-state index contributed by atoms with van der Waals surface area (Å²) >= 11 is 0. The van der Waals surface area contributed by atoms with Crippen molar-refractivity contribution in [3.63, 3.8) is 0 Å². The summed E-state index contributed by atoms with van der Waals surface area (Å²) in [7, 11) is 0. The van der Waals surface area contributed by atoms with Gasteiger partial charge in [0.15, 0.2) is 0 Å². The van der Waals surface area contributed by atoms with Crippen LogP contribution in [-0.2, 0) is 0 Å². The van der Waals surface area contributed by atoms with Gasteiger partial charge in [0.05, 0.1) is 33.6 Å². The molecule has 78 heavy (non-hydrogen) atoms. The fourth-order valence-electron chi connectivity index (χ4n) is 10.2. The summed E-state index contributed by atoms with van der Waals surface area (Å²) in [4.78, 5) is 61.6. The minimum atomic E-state index is -3.19. The third-order valence-electron chi connectivity index (χ3n) is 14.3. The van der Waals surface area contributed by atoms with Crippen molar-refractivity contribution in [1.29, 1.82) is 0 Å². The Morgan fingerprint density at radius 3 is 0.872 bits per heavy atom. The highest BCUT2D eigenvalue weighted by Crippen LogP contribution is 2.33. The summed E-state index contributed by atoms with van der Waals surface area (Å²) in [5.74, 6) is -3.66. The van der Waals surface area contributed by atoms with Gasteiger partial charge in [0.1, 0.15) is 0 Å². The van der Waals surface area contributed by atoms with Crippen LogP contribution in [-0.4, -0.2) is 53.6 Å². The van der Waals surface area contributed by atoms with E-state index in [9.17, 15) is 0 Å². The van der Waals surface area contributed by atoms with Gasteiger partial charge in [-0.05, 0) is 123 Å². The second-order valence-electron chi connectivity index (χ2n) is 19.0. The largest absolute Gasteiger partial charge is 0.311 e. The third-order valence-corrected chi connectivity index (χ3v) is 14.3. The maximum Gasteiger partial charge on any atom is 0.258 e. The Balaban J connectivity index is 0.873. The van der Waals surface area contributed by atoms with Crippen molar-refractivity contribution in [2.75, 3.05) is 35.6 Å². The van der Waals surface area contributed by atoms with Crippen LogP contribution in [0.15, 0.2) is 237 Å². The molecule has 0 aliphatic heterocycles. The molecule has 0 spiro atoms. The van der Waals surface area contributed by atoms with Gasteiger partial charge in [0.2, 0.25) is 0 Å². The maximum absolute atomic E-state index is 15.1. The van der Waals surface area contributed by atoms with Crippen LogP contribution in [0.25, 0.3) is 98.8 Å². The lowest BCUT2D eigenvalue weighted by Gasteiger charge is -2.22. The Hall–Kier alpha value is -10.4. The average molecular weight is 1020 g/mol. The second-order valence-corrected chi connectivity index (χ2v) is 19.0. The molecule has 0 fully saturated rings. The van der Waals surface area contributed by atoms with Crippen LogP contribution < -0.4 is 14.7 Å². The molecule has 0 unspecified atom stereocenters. The van der Waals surface area contributed by atoms with Crippen LogP contribution in [0, 0.1) is 0 Å². The second kappa shape index (κ2) is 19.4. The Labute approximate surface area is 462 Å². The molecule has 3 heterocycles. The molecule has 13 aromatic rings. The topological polar surface area (TPSA) is 99.6 Å². The Morgan fingerprint density at radius 2 is 0.590 bits per heavy atom. The first-order chi connectivity index (χ1) is 41.7. The summed E-state index contributed by atoms with van der Waals surface area (Å²) < 4.78 is 78.3. The van der Waals surface area contributed by atoms with Crippen molar-refractivity contribution in [2.45, 2.75) is 0 Å². The van der Waals surface area contributed by atoms with E-state index in [-0.39, 0.29) is 17.1 Å². The van der Waals surface area contributed by atoms with E-state index in [1.165, 1.54) is 36.4 Å². The number of anilines is 3. The van der Waals surface area contributed by atoms with Gasteiger partial charge in [-0.1, -0.05) is 146 Å². The first-order valence-corrected chi connectivity index (χ1v) is 25.1. The highest BCUT2D eigenvalue weighted by molar-refractivity contribution is 6.15. The monoisotopic (exact) mass is 1020 g/mol. The van der Waals surface area contributed by atoms with Crippen LogP contribution in [0.4, 0.5) is 17.1 Å². The summed E-state index contributed by atoms with van der Waals surface area (Å²) in [5, 5.41) is 9.08. The highest BCUT2D eigenvalue weighted by Gasteiger charge is 2.24. The van der Waals surface area contributed by atoms with Crippen molar-refractivity contribution in [2.24, 2.45) is 0 Å². The normalized spacial score (nSPS) is 13.6. The summed E-state index contributed by atoms with van der Waals surface area (Å²) in [6.07, 6.45) is 0. The van der Waals surface area contributed by atoms with E-state index < -0.39 is 55.3 Å². The molecular weight excluding hydrogens is 961 g/mol. The van der Waals surface area contributed by atoms with Crippen LogP contribution >= 0.6 is 0 Å². The zero-order valence-electron chi connectivity index (χ0n) is 50.4. The molecule has 9 nitrogen and oxygen atoms in total. The molecule has 0 aliphatic carbocycles. The van der Waals surface area contributed by atoms with E-state index in [2.05, 4.69) is 0 Å². The molecule has 0 N–H and O–H groups in total. The minimum absolute atomic E-state index is 0.0999. The standard InChI is InChI=1S/C69H48N6O3/c1-73(52-25-16-46(17-26-52)61-37-31-58-55-13-7-4-10-43(55)22-34-64(58)70-61)67(76)49-40-50(68(77)74(2)53-27-18-47(19-28-53)62-38-32-59-56-14-8-5-11-44(56)23-35-65(59)71-62)42-51(41-49)69(78)75(3)54-29-20-48(21-30-54)63-39-33-60-57-15-9-6-12-45(57)24-36-66(60)72-63/h4-42H,1-3H3/i1D3,2D3,3D3. The molecule has 372 valence electrons. The van der Waals surface area contributed by atoms with E-state index in [0.29, 0.717) is 48.5 Å². The van der Waals surface area contributed by atoms with Gasteiger partial charge in [-0.2, -0.15) is 0 Å². The van der Waals surface area contributed by atoms with E-state index in [1.54, 1.807) is 36.4 Å². The van der Waals surface area contributed by atoms with Crippen molar-refractivity contribution >= 4 is 99.8 Å². The molecule has 0 atom stereocenters. The minimum Gasteiger partial charge on any atom is -0.311 e. The molecule has 3 aromatic heterocycles. The van der Waals surface area contributed by atoms with Gasteiger partial charge < -0.3 is 14.7 Å². The smallest absolute Gasteiger partial charge is 0.258 e. The number of fused-ring (bicyclic) bond motifs is 9. The lowest BCUT2D eigenvalue weighted by molar-refractivity contribution is 0.0992. The van der Waals surface area contributed by atoms with Crippen molar-refractivity contribution in [3.05, 3.63) is 253 Å².